The van der Waals surface area contributed by atoms with E-state index in [1.807, 2.05) is 60.7 Å². The topological polar surface area (TPSA) is 117 Å². The molecule has 4 rings (SSSR count). The summed E-state index contributed by atoms with van der Waals surface area (Å²) in [5, 5.41) is 21.5. The minimum absolute atomic E-state index is 0. The summed E-state index contributed by atoms with van der Waals surface area (Å²) >= 11 is 0. The van der Waals surface area contributed by atoms with Crippen LogP contribution in [0, 0.1) is 0 Å². The molecule has 0 N–H and O–H groups in total. The summed E-state index contributed by atoms with van der Waals surface area (Å²) in [6, 6.07) is 33.8. The maximum Gasteiger partial charge on any atom is 2.00 e. The first-order chi connectivity index (χ1) is 20.4. The van der Waals surface area contributed by atoms with Crippen LogP contribution in [0.15, 0.2) is 121 Å². The number of aliphatic carboxylic acids is 2. The Morgan fingerprint density at radius 3 is 1.16 bits per heavy atom. The molecular formula is C34H30O8Sr. The van der Waals surface area contributed by atoms with E-state index in [0.717, 1.165) is 11.1 Å². The molecule has 0 aliphatic carbocycles. The zero-order valence-corrected chi connectivity index (χ0v) is 27.4. The summed E-state index contributed by atoms with van der Waals surface area (Å²) in [7, 11) is 2.58. The van der Waals surface area contributed by atoms with Crippen molar-refractivity contribution in [2.24, 2.45) is 0 Å². The molecule has 4 aromatic rings. The molecule has 0 aliphatic heterocycles. The van der Waals surface area contributed by atoms with Crippen molar-refractivity contribution in [3.05, 3.63) is 143 Å². The summed E-state index contributed by atoms with van der Waals surface area (Å²) in [6.07, 6.45) is 2.80. The van der Waals surface area contributed by atoms with Gasteiger partial charge in [-0.25, -0.2) is 0 Å². The number of hydrogen-bond donors (Lipinski definition) is 0. The van der Waals surface area contributed by atoms with E-state index >= 15 is 0 Å². The molecule has 8 nitrogen and oxygen atoms in total. The predicted octanol–water partition coefficient (Wildman–Crippen LogP) is 3.62. The van der Waals surface area contributed by atoms with E-state index in [2.05, 4.69) is 0 Å². The molecule has 43 heavy (non-hydrogen) atoms. The molecule has 0 aliphatic rings. The number of methoxy groups -OCH3 is 2. The Morgan fingerprint density at radius 1 is 0.558 bits per heavy atom. The fourth-order valence-corrected chi connectivity index (χ4v) is 3.51. The number of ether oxygens (including phenoxy) is 4. The Balaban J connectivity index is 0.000000293. The average molecular weight is 654 g/mol. The maximum absolute atomic E-state index is 10.7. The van der Waals surface area contributed by atoms with E-state index in [-0.39, 0.29) is 57.0 Å². The molecule has 0 saturated carbocycles. The van der Waals surface area contributed by atoms with Gasteiger partial charge in [0.05, 0.1) is 14.2 Å². The van der Waals surface area contributed by atoms with E-state index in [4.69, 9.17) is 18.9 Å². The van der Waals surface area contributed by atoms with Crippen molar-refractivity contribution in [3.63, 3.8) is 0 Å². The first-order valence-corrected chi connectivity index (χ1v) is 12.9. The molecule has 0 bridgehead atoms. The smallest absolute Gasteiger partial charge is 0.542 e. The molecule has 0 heterocycles. The van der Waals surface area contributed by atoms with Crippen LogP contribution in [0.2, 0.25) is 0 Å². The van der Waals surface area contributed by atoms with Gasteiger partial charge in [-0.05, 0) is 58.7 Å². The van der Waals surface area contributed by atoms with Crippen LogP contribution in [0.5, 0.6) is 11.5 Å². The van der Waals surface area contributed by atoms with Crippen molar-refractivity contribution >= 4 is 69.6 Å². The standard InChI is InChI=1S/2C17H16O4.Sr/c2*1-20-16(17(18)19)11-13-7-9-15(10-8-13)21-12-14-5-3-2-4-6-14;/h2*2-11H,12H2,1H3,(H,18,19);/q;;+2/p-2/b2*16-11-;. The third-order valence-electron chi connectivity index (χ3n) is 5.69. The van der Waals surface area contributed by atoms with Crippen LogP contribution in [0.3, 0.4) is 0 Å². The molecule has 4 aromatic carbocycles. The van der Waals surface area contributed by atoms with E-state index in [0.29, 0.717) is 35.8 Å². The minimum atomic E-state index is -1.35. The van der Waals surface area contributed by atoms with E-state index in [1.165, 1.54) is 26.4 Å². The second-order valence-corrected chi connectivity index (χ2v) is 8.69. The number of benzene rings is 4. The molecule has 0 aromatic heterocycles. The zero-order valence-electron chi connectivity index (χ0n) is 23.9. The molecule has 0 unspecified atom stereocenters. The Bertz CT molecular complexity index is 1350. The Hall–Kier alpha value is -4.02. The van der Waals surface area contributed by atoms with Crippen molar-refractivity contribution < 1.29 is 38.7 Å². The summed E-state index contributed by atoms with van der Waals surface area (Å²) < 4.78 is 20.7. The van der Waals surface area contributed by atoms with Crippen molar-refractivity contribution in [3.8, 4) is 11.5 Å². The molecule has 0 radical (unpaired) electrons. The second-order valence-electron chi connectivity index (χ2n) is 8.69. The van der Waals surface area contributed by atoms with Gasteiger partial charge < -0.3 is 38.7 Å². The van der Waals surface area contributed by atoms with Crippen LogP contribution in [0.4, 0.5) is 0 Å². The van der Waals surface area contributed by atoms with Crippen molar-refractivity contribution in [1.29, 1.82) is 0 Å². The Kier molecular flexibility index (Phi) is 15.7. The number of carbonyl (C=O) groups excluding carboxylic acids is 2. The second kappa shape index (κ2) is 19.2. The fourth-order valence-electron chi connectivity index (χ4n) is 3.51. The molecule has 0 amide bonds. The first-order valence-electron chi connectivity index (χ1n) is 12.9. The van der Waals surface area contributed by atoms with Crippen molar-refractivity contribution in [2.75, 3.05) is 14.2 Å². The third-order valence-corrected chi connectivity index (χ3v) is 5.69. The largest absolute Gasteiger partial charge is 2.00 e. The molecule has 0 fully saturated rings. The van der Waals surface area contributed by atoms with Gasteiger partial charge in [0.15, 0.2) is 0 Å². The van der Waals surface area contributed by atoms with E-state index < -0.39 is 11.9 Å². The van der Waals surface area contributed by atoms with Gasteiger partial charge in [0, 0.05) is 0 Å². The number of rotatable bonds is 12. The van der Waals surface area contributed by atoms with Gasteiger partial charge in [-0.15, -0.1) is 0 Å². The zero-order chi connectivity index (χ0) is 30.2. The fraction of sp³-hybridized carbons (Fsp3) is 0.118. The van der Waals surface area contributed by atoms with E-state index in [1.54, 1.807) is 48.5 Å². The quantitative estimate of drug-likeness (QED) is 0.129. The first kappa shape index (κ1) is 35.2. The minimum Gasteiger partial charge on any atom is -0.542 e. The molecule has 216 valence electrons. The van der Waals surface area contributed by atoms with Crippen molar-refractivity contribution in [2.45, 2.75) is 13.2 Å². The van der Waals surface area contributed by atoms with Crippen LogP contribution in [-0.2, 0) is 32.3 Å². The monoisotopic (exact) mass is 654 g/mol. The molecule has 0 saturated heterocycles. The number of hydrogen-bond acceptors (Lipinski definition) is 8. The van der Waals surface area contributed by atoms with Crippen LogP contribution in [0.25, 0.3) is 12.2 Å². The summed E-state index contributed by atoms with van der Waals surface area (Å²) in [6.45, 7) is 0.969. The Labute approximate surface area is 288 Å². The SMILES string of the molecule is CO/C(=C\c1ccc(OCc2ccccc2)cc1)C(=O)[O-].CO/C(=C\c1ccc(OCc2ccccc2)cc1)C(=O)[O-].[Sr+2]. The van der Waals surface area contributed by atoms with Crippen molar-refractivity contribution in [1.82, 2.24) is 0 Å². The number of carboxylic acids is 2. The van der Waals surface area contributed by atoms with Gasteiger partial charge in [0.25, 0.3) is 0 Å². The predicted molar refractivity (Wildman–Crippen MR) is 160 cm³/mol. The molecular weight excluding hydrogens is 624 g/mol. The summed E-state index contributed by atoms with van der Waals surface area (Å²) in [4.78, 5) is 21.5. The van der Waals surface area contributed by atoms with Crippen LogP contribution in [-0.4, -0.2) is 71.6 Å². The van der Waals surface area contributed by atoms with Gasteiger partial charge in [0.1, 0.15) is 48.2 Å². The maximum atomic E-state index is 10.7. The van der Waals surface area contributed by atoms with Gasteiger partial charge in [-0.1, -0.05) is 84.9 Å². The Morgan fingerprint density at radius 2 is 0.884 bits per heavy atom. The number of carboxylic acid groups (broad SMARTS) is 2. The van der Waals surface area contributed by atoms with E-state index in [9.17, 15) is 19.8 Å². The molecule has 9 heteroatoms. The number of carbonyl (C=O) groups is 2. The normalized spacial score (nSPS) is 10.7. The molecule has 0 spiro atoms. The van der Waals surface area contributed by atoms with Gasteiger partial charge in [-0.2, -0.15) is 0 Å². The van der Waals surface area contributed by atoms with Gasteiger partial charge >= 0.3 is 45.5 Å². The third kappa shape index (κ3) is 12.8. The van der Waals surface area contributed by atoms with Crippen LogP contribution < -0.4 is 19.7 Å². The van der Waals surface area contributed by atoms with Gasteiger partial charge in [-0.3, -0.25) is 0 Å². The summed E-state index contributed by atoms with van der Waals surface area (Å²) in [5.41, 5.74) is 3.56. The molecule has 0 atom stereocenters. The summed E-state index contributed by atoms with van der Waals surface area (Å²) in [5.74, 6) is -1.70. The van der Waals surface area contributed by atoms with Crippen LogP contribution in [0.1, 0.15) is 22.3 Å². The average Bonchev–Trinajstić information content (AvgIpc) is 3.02. The van der Waals surface area contributed by atoms with Gasteiger partial charge in [0.2, 0.25) is 0 Å². The van der Waals surface area contributed by atoms with Crippen LogP contribution >= 0.6 is 0 Å².